The van der Waals surface area contributed by atoms with Gasteiger partial charge in [0.1, 0.15) is 5.82 Å². The Balaban J connectivity index is 1.58. The number of rotatable bonds is 4. The second kappa shape index (κ2) is 5.53. The molecule has 0 radical (unpaired) electrons. The average molecular weight is 326 g/mol. The molecule has 3 rings (SSSR count). The third-order valence-electron chi connectivity index (χ3n) is 5.06. The zero-order valence-electron chi connectivity index (χ0n) is 11.3. The van der Waals surface area contributed by atoms with E-state index in [-0.39, 0.29) is 5.82 Å². The summed E-state index contributed by atoms with van der Waals surface area (Å²) >= 11 is 3.49. The van der Waals surface area contributed by atoms with E-state index in [1.807, 2.05) is 0 Å². The second-order valence-corrected chi connectivity index (χ2v) is 7.10. The minimum Gasteiger partial charge on any atom is -0.310 e. The molecule has 1 aromatic rings. The van der Waals surface area contributed by atoms with Gasteiger partial charge in [-0.1, -0.05) is 22.4 Å². The number of hydrogen-bond acceptors (Lipinski definition) is 1. The lowest BCUT2D eigenvalue weighted by molar-refractivity contribution is 0.259. The van der Waals surface area contributed by atoms with Crippen molar-refractivity contribution in [2.24, 2.45) is 17.8 Å². The van der Waals surface area contributed by atoms with E-state index in [4.69, 9.17) is 0 Å². The molecule has 0 aromatic heterocycles. The summed E-state index contributed by atoms with van der Waals surface area (Å²) in [6.45, 7) is 3.03. The lowest BCUT2D eigenvalue weighted by Crippen LogP contribution is -2.35. The van der Waals surface area contributed by atoms with Gasteiger partial charge in [-0.05, 0) is 67.7 Å². The molecule has 4 atom stereocenters. The largest absolute Gasteiger partial charge is 0.310 e. The molecule has 3 heteroatoms. The van der Waals surface area contributed by atoms with Crippen LogP contribution in [0.15, 0.2) is 22.7 Å². The molecule has 1 nitrogen and oxygen atoms in total. The third kappa shape index (κ3) is 2.87. The van der Waals surface area contributed by atoms with Crippen molar-refractivity contribution < 1.29 is 4.39 Å². The Kier molecular flexibility index (Phi) is 3.95. The highest BCUT2D eigenvalue weighted by molar-refractivity contribution is 9.10. The maximum Gasteiger partial charge on any atom is 0.123 e. The van der Waals surface area contributed by atoms with Gasteiger partial charge in [-0.25, -0.2) is 4.39 Å². The summed E-state index contributed by atoms with van der Waals surface area (Å²) in [4.78, 5) is 0. The molecular formula is C16H21BrFN. The fourth-order valence-corrected chi connectivity index (χ4v) is 4.39. The first-order valence-corrected chi connectivity index (χ1v) is 8.10. The smallest absolute Gasteiger partial charge is 0.123 e. The molecule has 4 unspecified atom stereocenters. The van der Waals surface area contributed by atoms with Gasteiger partial charge >= 0.3 is 0 Å². The van der Waals surface area contributed by atoms with Crippen molar-refractivity contribution in [1.29, 1.82) is 0 Å². The van der Waals surface area contributed by atoms with Gasteiger partial charge in [-0.2, -0.15) is 0 Å². The summed E-state index contributed by atoms with van der Waals surface area (Å²) in [5.74, 6) is 2.59. The summed E-state index contributed by atoms with van der Waals surface area (Å²) in [7, 11) is 0. The Hall–Kier alpha value is -0.410. The number of hydrogen-bond donors (Lipinski definition) is 1. The van der Waals surface area contributed by atoms with Crippen LogP contribution in [-0.2, 0) is 6.54 Å². The van der Waals surface area contributed by atoms with Crippen LogP contribution in [0.5, 0.6) is 0 Å². The quantitative estimate of drug-likeness (QED) is 0.859. The molecule has 2 saturated carbocycles. The van der Waals surface area contributed by atoms with Gasteiger partial charge in [0, 0.05) is 17.1 Å². The topological polar surface area (TPSA) is 12.0 Å². The van der Waals surface area contributed by atoms with Crippen LogP contribution < -0.4 is 5.32 Å². The SMILES string of the molecule is CC(NCc1cc(F)ccc1Br)C1CC2CCC1C2. The summed E-state index contributed by atoms with van der Waals surface area (Å²) in [6.07, 6.45) is 5.71. The zero-order chi connectivity index (χ0) is 13.4. The van der Waals surface area contributed by atoms with E-state index in [9.17, 15) is 4.39 Å². The lowest BCUT2D eigenvalue weighted by Gasteiger charge is -2.28. The van der Waals surface area contributed by atoms with Crippen LogP contribution in [0.1, 0.15) is 38.2 Å². The van der Waals surface area contributed by atoms with Crippen molar-refractivity contribution in [2.75, 3.05) is 0 Å². The van der Waals surface area contributed by atoms with Crippen molar-refractivity contribution in [1.82, 2.24) is 5.32 Å². The molecule has 2 bridgehead atoms. The van der Waals surface area contributed by atoms with Crippen LogP contribution >= 0.6 is 15.9 Å². The second-order valence-electron chi connectivity index (χ2n) is 6.24. The van der Waals surface area contributed by atoms with Crippen LogP contribution in [0.25, 0.3) is 0 Å². The maximum atomic E-state index is 13.2. The van der Waals surface area contributed by atoms with Crippen molar-refractivity contribution in [3.8, 4) is 0 Å². The average Bonchev–Trinajstić information content (AvgIpc) is 3.02. The third-order valence-corrected chi connectivity index (χ3v) is 5.83. The van der Waals surface area contributed by atoms with Crippen molar-refractivity contribution in [2.45, 2.75) is 45.2 Å². The van der Waals surface area contributed by atoms with Crippen LogP contribution in [0, 0.1) is 23.6 Å². The fourth-order valence-electron chi connectivity index (χ4n) is 4.01. The number of halogens is 2. The summed E-state index contributed by atoms with van der Waals surface area (Å²) in [5, 5.41) is 3.60. The summed E-state index contributed by atoms with van der Waals surface area (Å²) < 4.78 is 14.2. The van der Waals surface area contributed by atoms with E-state index in [0.29, 0.717) is 6.04 Å². The first-order valence-electron chi connectivity index (χ1n) is 7.31. The Bertz CT molecular complexity index is 462. The van der Waals surface area contributed by atoms with Crippen molar-refractivity contribution in [3.05, 3.63) is 34.1 Å². The number of nitrogens with one attached hydrogen (secondary N) is 1. The van der Waals surface area contributed by atoms with Gasteiger partial charge in [0.05, 0.1) is 0 Å². The molecular weight excluding hydrogens is 305 g/mol. The number of fused-ring (bicyclic) bond motifs is 2. The summed E-state index contributed by atoms with van der Waals surface area (Å²) in [5.41, 5.74) is 1.01. The maximum absolute atomic E-state index is 13.2. The highest BCUT2D eigenvalue weighted by Crippen LogP contribution is 2.49. The molecule has 0 saturated heterocycles. The van der Waals surface area contributed by atoms with Gasteiger partial charge in [0.2, 0.25) is 0 Å². The minimum absolute atomic E-state index is 0.160. The first-order chi connectivity index (χ1) is 9.13. The first kappa shape index (κ1) is 13.6. The Morgan fingerprint density at radius 2 is 2.21 bits per heavy atom. The predicted octanol–water partition coefficient (Wildman–Crippen LogP) is 4.50. The van der Waals surface area contributed by atoms with E-state index in [1.54, 1.807) is 12.1 Å². The Labute approximate surface area is 123 Å². The molecule has 0 heterocycles. The van der Waals surface area contributed by atoms with Crippen LogP contribution in [0.3, 0.4) is 0 Å². The van der Waals surface area contributed by atoms with E-state index in [1.165, 1.54) is 31.7 Å². The van der Waals surface area contributed by atoms with Crippen LogP contribution in [0.2, 0.25) is 0 Å². The Morgan fingerprint density at radius 1 is 1.37 bits per heavy atom. The van der Waals surface area contributed by atoms with Gasteiger partial charge < -0.3 is 5.32 Å². The molecule has 0 aliphatic heterocycles. The zero-order valence-corrected chi connectivity index (χ0v) is 12.9. The van der Waals surface area contributed by atoms with Gasteiger partial charge in [-0.3, -0.25) is 0 Å². The highest BCUT2D eigenvalue weighted by Gasteiger charge is 2.41. The van der Waals surface area contributed by atoms with E-state index in [0.717, 1.165) is 34.3 Å². The molecule has 2 fully saturated rings. The van der Waals surface area contributed by atoms with Crippen molar-refractivity contribution in [3.63, 3.8) is 0 Å². The van der Waals surface area contributed by atoms with Gasteiger partial charge in [0.25, 0.3) is 0 Å². The van der Waals surface area contributed by atoms with Crippen molar-refractivity contribution >= 4 is 15.9 Å². The summed E-state index contributed by atoms with van der Waals surface area (Å²) in [6, 6.07) is 5.43. The number of benzene rings is 1. The van der Waals surface area contributed by atoms with Crippen LogP contribution in [0.4, 0.5) is 4.39 Å². The molecule has 104 valence electrons. The monoisotopic (exact) mass is 325 g/mol. The van der Waals surface area contributed by atoms with Gasteiger partial charge in [-0.15, -0.1) is 0 Å². The molecule has 2 aliphatic rings. The minimum atomic E-state index is -0.160. The fraction of sp³-hybridized carbons (Fsp3) is 0.625. The van der Waals surface area contributed by atoms with E-state index < -0.39 is 0 Å². The Morgan fingerprint density at radius 3 is 2.89 bits per heavy atom. The highest BCUT2D eigenvalue weighted by atomic mass is 79.9. The molecule has 19 heavy (non-hydrogen) atoms. The standard InChI is InChI=1S/C16H21BrFN/c1-10(15-7-11-2-3-12(15)6-11)19-9-13-8-14(18)4-5-16(13)17/h4-5,8,10-12,15,19H,2-3,6-7,9H2,1H3. The molecule has 2 aliphatic carbocycles. The lowest BCUT2D eigenvalue weighted by atomic mass is 9.84. The molecule has 1 N–H and O–H groups in total. The normalized spacial score (nSPS) is 30.8. The van der Waals surface area contributed by atoms with Crippen LogP contribution in [-0.4, -0.2) is 6.04 Å². The molecule has 1 aromatic carbocycles. The van der Waals surface area contributed by atoms with E-state index >= 15 is 0 Å². The van der Waals surface area contributed by atoms with E-state index in [2.05, 4.69) is 28.2 Å². The molecule has 0 spiro atoms. The van der Waals surface area contributed by atoms with Gasteiger partial charge in [0.15, 0.2) is 0 Å². The predicted molar refractivity (Wildman–Crippen MR) is 79.3 cm³/mol. The molecule has 0 amide bonds.